The zero-order chi connectivity index (χ0) is 17.2. The van der Waals surface area contributed by atoms with Crippen molar-refractivity contribution in [3.05, 3.63) is 46.2 Å². The summed E-state index contributed by atoms with van der Waals surface area (Å²) in [5.74, 6) is -0.367. The van der Waals surface area contributed by atoms with E-state index in [4.69, 9.17) is 0 Å². The highest BCUT2D eigenvalue weighted by atomic mass is 35.5. The van der Waals surface area contributed by atoms with E-state index in [9.17, 15) is 18.3 Å². The van der Waals surface area contributed by atoms with E-state index < -0.39 is 6.36 Å². The Kier molecular flexibility index (Phi) is 6.56. The standard InChI is InChI=1S/C16H17F3N2O2S.ClH/c17-16(18,19)23-11-3-4-13(22)12(10-11)15(14-2-1-9-24-14)21-7-5-20-6-8-21;/h1-4,9-10,15,20,22H,5-8H2;1H/t15-;/m1./s1. The maximum absolute atomic E-state index is 12.5. The molecule has 1 aliphatic rings. The van der Waals surface area contributed by atoms with Crippen molar-refractivity contribution in [2.75, 3.05) is 26.2 Å². The van der Waals surface area contributed by atoms with E-state index in [0.717, 1.165) is 37.1 Å². The van der Waals surface area contributed by atoms with Crippen LogP contribution in [0.1, 0.15) is 16.5 Å². The molecule has 3 rings (SSSR count). The number of aromatic hydroxyl groups is 1. The van der Waals surface area contributed by atoms with Crippen molar-refractivity contribution in [2.45, 2.75) is 12.4 Å². The molecule has 0 radical (unpaired) electrons. The van der Waals surface area contributed by atoms with Gasteiger partial charge in [0.05, 0.1) is 6.04 Å². The Labute approximate surface area is 153 Å². The first-order chi connectivity index (χ1) is 11.4. The van der Waals surface area contributed by atoms with Gasteiger partial charge in [-0.05, 0) is 29.6 Å². The van der Waals surface area contributed by atoms with Gasteiger partial charge in [0.2, 0.25) is 0 Å². The number of phenols is 1. The van der Waals surface area contributed by atoms with Gasteiger partial charge >= 0.3 is 6.36 Å². The fourth-order valence-corrected chi connectivity index (χ4v) is 3.74. The number of alkyl halides is 3. The summed E-state index contributed by atoms with van der Waals surface area (Å²) in [6, 6.07) is 7.16. The van der Waals surface area contributed by atoms with Crippen LogP contribution in [0.3, 0.4) is 0 Å². The first kappa shape index (κ1) is 19.8. The van der Waals surface area contributed by atoms with Gasteiger partial charge in [-0.1, -0.05) is 6.07 Å². The maximum atomic E-state index is 12.5. The summed E-state index contributed by atoms with van der Waals surface area (Å²) in [7, 11) is 0. The quantitative estimate of drug-likeness (QED) is 0.828. The summed E-state index contributed by atoms with van der Waals surface area (Å²) in [4.78, 5) is 3.12. The van der Waals surface area contributed by atoms with Crippen LogP contribution in [0.5, 0.6) is 11.5 Å². The number of hydrogen-bond donors (Lipinski definition) is 2. The summed E-state index contributed by atoms with van der Waals surface area (Å²) >= 11 is 1.51. The van der Waals surface area contributed by atoms with Crippen LogP contribution in [0.15, 0.2) is 35.7 Å². The van der Waals surface area contributed by atoms with Gasteiger partial charge in [0, 0.05) is 36.6 Å². The average Bonchev–Trinajstić information content (AvgIpc) is 3.04. The smallest absolute Gasteiger partial charge is 0.508 e. The molecule has 9 heteroatoms. The lowest BCUT2D eigenvalue weighted by Crippen LogP contribution is -2.45. The van der Waals surface area contributed by atoms with Crippen LogP contribution in [-0.2, 0) is 0 Å². The zero-order valence-electron chi connectivity index (χ0n) is 13.1. The number of ether oxygens (including phenoxy) is 1. The average molecular weight is 395 g/mol. The van der Waals surface area contributed by atoms with Gasteiger partial charge in [-0.2, -0.15) is 0 Å². The van der Waals surface area contributed by atoms with Crippen LogP contribution in [0.25, 0.3) is 0 Å². The number of rotatable bonds is 4. The number of hydrogen-bond acceptors (Lipinski definition) is 5. The molecule has 2 heterocycles. The lowest BCUT2D eigenvalue weighted by Gasteiger charge is -2.35. The Bertz CT molecular complexity index is 677. The third-order valence-electron chi connectivity index (χ3n) is 3.86. The van der Waals surface area contributed by atoms with Gasteiger partial charge in [-0.25, -0.2) is 0 Å². The Morgan fingerprint density at radius 3 is 2.52 bits per heavy atom. The van der Waals surface area contributed by atoms with Crippen molar-refractivity contribution in [3.8, 4) is 11.5 Å². The molecule has 0 aliphatic carbocycles. The number of thiophene rings is 1. The molecule has 25 heavy (non-hydrogen) atoms. The number of phenolic OH excluding ortho intramolecular Hbond substituents is 1. The zero-order valence-corrected chi connectivity index (χ0v) is 14.8. The third-order valence-corrected chi connectivity index (χ3v) is 4.78. The number of piperazine rings is 1. The van der Waals surface area contributed by atoms with E-state index in [-0.39, 0.29) is 29.9 Å². The lowest BCUT2D eigenvalue weighted by atomic mass is 10.0. The van der Waals surface area contributed by atoms with E-state index in [1.54, 1.807) is 0 Å². The van der Waals surface area contributed by atoms with Gasteiger partial charge in [-0.15, -0.1) is 36.9 Å². The number of halogens is 4. The number of benzene rings is 1. The monoisotopic (exact) mass is 394 g/mol. The molecule has 0 unspecified atom stereocenters. The summed E-state index contributed by atoms with van der Waals surface area (Å²) in [6.07, 6.45) is -4.76. The van der Waals surface area contributed by atoms with E-state index >= 15 is 0 Å². The van der Waals surface area contributed by atoms with Gasteiger partial charge < -0.3 is 15.2 Å². The minimum atomic E-state index is -4.76. The topological polar surface area (TPSA) is 44.7 Å². The highest BCUT2D eigenvalue weighted by Gasteiger charge is 2.32. The predicted octanol–water partition coefficient (Wildman–Crippen LogP) is 3.77. The highest BCUT2D eigenvalue weighted by Crippen LogP contribution is 2.39. The molecular formula is C16H18ClF3N2O2S. The van der Waals surface area contributed by atoms with Crippen LogP contribution >= 0.6 is 23.7 Å². The fourth-order valence-electron chi connectivity index (χ4n) is 2.87. The molecule has 1 saturated heterocycles. The van der Waals surface area contributed by atoms with E-state index in [2.05, 4.69) is 15.0 Å². The second-order valence-corrected chi connectivity index (χ2v) is 6.45. The van der Waals surface area contributed by atoms with Crippen LogP contribution < -0.4 is 10.1 Å². The highest BCUT2D eigenvalue weighted by molar-refractivity contribution is 7.10. The van der Waals surface area contributed by atoms with E-state index in [1.165, 1.54) is 23.5 Å². The van der Waals surface area contributed by atoms with E-state index in [1.807, 2.05) is 17.5 Å². The van der Waals surface area contributed by atoms with Crippen LogP contribution in [-0.4, -0.2) is 42.5 Å². The Morgan fingerprint density at radius 1 is 1.20 bits per heavy atom. The predicted molar refractivity (Wildman–Crippen MR) is 92.6 cm³/mol. The molecule has 1 aliphatic heterocycles. The molecule has 1 fully saturated rings. The largest absolute Gasteiger partial charge is 0.573 e. The molecule has 0 bridgehead atoms. The molecule has 1 aromatic heterocycles. The molecule has 2 N–H and O–H groups in total. The Morgan fingerprint density at radius 2 is 1.92 bits per heavy atom. The summed E-state index contributed by atoms with van der Waals surface area (Å²) in [5, 5.41) is 15.4. The van der Waals surface area contributed by atoms with Crippen molar-refractivity contribution in [1.29, 1.82) is 0 Å². The summed E-state index contributed by atoms with van der Waals surface area (Å²) in [5.41, 5.74) is 0.418. The van der Waals surface area contributed by atoms with Crippen LogP contribution in [0, 0.1) is 0 Å². The normalized spacial score (nSPS) is 16.9. The minimum Gasteiger partial charge on any atom is -0.508 e. The molecule has 4 nitrogen and oxygen atoms in total. The van der Waals surface area contributed by atoms with Crippen LogP contribution in [0.2, 0.25) is 0 Å². The van der Waals surface area contributed by atoms with E-state index in [0.29, 0.717) is 5.56 Å². The minimum absolute atomic E-state index is 0. The number of nitrogens with zero attached hydrogens (tertiary/aromatic N) is 1. The molecular weight excluding hydrogens is 377 g/mol. The van der Waals surface area contributed by atoms with Gasteiger partial charge in [0.25, 0.3) is 0 Å². The summed E-state index contributed by atoms with van der Waals surface area (Å²) < 4.78 is 41.5. The molecule has 0 saturated carbocycles. The molecule has 1 atom stereocenters. The molecule has 0 amide bonds. The van der Waals surface area contributed by atoms with Gasteiger partial charge in [-0.3, -0.25) is 4.90 Å². The molecule has 0 spiro atoms. The Hall–Kier alpha value is -1.48. The second kappa shape index (κ2) is 8.27. The number of nitrogens with one attached hydrogen (secondary N) is 1. The molecule has 138 valence electrons. The van der Waals surface area contributed by atoms with Crippen molar-refractivity contribution < 1.29 is 23.0 Å². The molecule has 1 aromatic carbocycles. The first-order valence-corrected chi connectivity index (χ1v) is 8.39. The van der Waals surface area contributed by atoms with Crippen molar-refractivity contribution in [1.82, 2.24) is 10.2 Å². The lowest BCUT2D eigenvalue weighted by molar-refractivity contribution is -0.274. The summed E-state index contributed by atoms with van der Waals surface area (Å²) in [6.45, 7) is 3.07. The van der Waals surface area contributed by atoms with Crippen LogP contribution in [0.4, 0.5) is 13.2 Å². The molecule has 2 aromatic rings. The van der Waals surface area contributed by atoms with Crippen molar-refractivity contribution in [2.24, 2.45) is 0 Å². The fraction of sp³-hybridized carbons (Fsp3) is 0.375. The Balaban J connectivity index is 0.00000225. The van der Waals surface area contributed by atoms with Crippen molar-refractivity contribution >= 4 is 23.7 Å². The first-order valence-electron chi connectivity index (χ1n) is 7.51. The van der Waals surface area contributed by atoms with Gasteiger partial charge in [0.1, 0.15) is 11.5 Å². The second-order valence-electron chi connectivity index (χ2n) is 5.47. The third kappa shape index (κ3) is 5.01. The van der Waals surface area contributed by atoms with Gasteiger partial charge in [0.15, 0.2) is 0 Å². The SMILES string of the molecule is Cl.Oc1ccc(OC(F)(F)F)cc1[C@H](c1cccs1)N1CCNCC1. The van der Waals surface area contributed by atoms with Crippen molar-refractivity contribution in [3.63, 3.8) is 0 Å². The maximum Gasteiger partial charge on any atom is 0.573 e.